The van der Waals surface area contributed by atoms with E-state index in [0.717, 1.165) is 30.4 Å². The van der Waals surface area contributed by atoms with Crippen molar-refractivity contribution >= 4 is 11.8 Å². The quantitative estimate of drug-likeness (QED) is 0.586. The first-order chi connectivity index (χ1) is 13.1. The van der Waals surface area contributed by atoms with Gasteiger partial charge in [-0.05, 0) is 48.9 Å². The minimum atomic E-state index is -0.293. The van der Waals surface area contributed by atoms with E-state index in [-0.39, 0.29) is 18.4 Å². The van der Waals surface area contributed by atoms with Gasteiger partial charge in [-0.2, -0.15) is 0 Å². The highest BCUT2D eigenvalue weighted by Gasteiger charge is 2.17. The van der Waals surface area contributed by atoms with Gasteiger partial charge in [-0.1, -0.05) is 6.07 Å². The molecule has 0 unspecified atom stereocenters. The molecule has 0 saturated carbocycles. The van der Waals surface area contributed by atoms with E-state index >= 15 is 0 Å². The number of carbonyl (C=O) groups excluding carboxylic acids is 2. The molecule has 0 aliphatic carbocycles. The van der Waals surface area contributed by atoms with Crippen LogP contribution in [0.1, 0.15) is 30.4 Å². The number of rotatable bonds is 11. The minimum Gasteiger partial charge on any atom is -0.484 e. The highest BCUT2D eigenvalue weighted by Crippen LogP contribution is 2.20. The third-order valence-corrected chi connectivity index (χ3v) is 4.45. The van der Waals surface area contributed by atoms with Gasteiger partial charge in [0.05, 0.1) is 13.2 Å². The van der Waals surface area contributed by atoms with Gasteiger partial charge in [-0.25, -0.2) is 0 Å². The lowest BCUT2D eigenvalue weighted by Gasteiger charge is -2.26. The number of nitrogens with two attached hydrogens (primary N) is 1. The Kier molecular flexibility index (Phi) is 9.07. The van der Waals surface area contributed by atoms with E-state index in [1.807, 2.05) is 12.1 Å². The van der Waals surface area contributed by atoms with Crippen molar-refractivity contribution in [3.8, 4) is 5.75 Å². The standard InChI is InChI=1S/C20H30N2O5/c1-25-9-3-5-17-12-16(4-2-6-19(21)23)13-18(14-17)27-15-20(24)22-7-10-26-11-8-22/h12-14H,2-11,15H2,1H3,(H2,21,23). The number of hydrogen-bond donors (Lipinski definition) is 1. The fraction of sp³-hybridized carbons (Fsp3) is 0.600. The van der Waals surface area contributed by atoms with Gasteiger partial charge >= 0.3 is 0 Å². The summed E-state index contributed by atoms with van der Waals surface area (Å²) in [6, 6.07) is 6.03. The zero-order chi connectivity index (χ0) is 19.5. The van der Waals surface area contributed by atoms with Gasteiger partial charge in [0.2, 0.25) is 5.91 Å². The van der Waals surface area contributed by atoms with Crippen LogP contribution in [-0.2, 0) is 31.9 Å². The van der Waals surface area contributed by atoms with Crippen molar-refractivity contribution in [3.63, 3.8) is 0 Å². The number of benzene rings is 1. The third kappa shape index (κ3) is 7.97. The zero-order valence-electron chi connectivity index (χ0n) is 16.1. The molecular weight excluding hydrogens is 348 g/mol. The Bertz CT molecular complexity index is 614. The van der Waals surface area contributed by atoms with Crippen LogP contribution in [0.5, 0.6) is 5.75 Å². The fourth-order valence-electron chi connectivity index (χ4n) is 3.04. The molecule has 0 aromatic heterocycles. The van der Waals surface area contributed by atoms with Gasteiger partial charge in [0, 0.05) is 33.2 Å². The molecule has 27 heavy (non-hydrogen) atoms. The molecule has 0 bridgehead atoms. The number of primary amides is 1. The molecule has 0 spiro atoms. The smallest absolute Gasteiger partial charge is 0.260 e. The van der Waals surface area contributed by atoms with Crippen LogP contribution < -0.4 is 10.5 Å². The second-order valence-corrected chi connectivity index (χ2v) is 6.68. The molecule has 2 rings (SSSR count). The number of carbonyl (C=O) groups is 2. The van der Waals surface area contributed by atoms with Crippen LogP contribution in [-0.4, -0.2) is 63.3 Å². The summed E-state index contributed by atoms with van der Waals surface area (Å²) in [5.74, 6) is 0.359. The zero-order valence-corrected chi connectivity index (χ0v) is 16.1. The molecule has 0 atom stereocenters. The number of amides is 2. The average Bonchev–Trinajstić information content (AvgIpc) is 2.67. The first kappa shape index (κ1) is 21.2. The van der Waals surface area contributed by atoms with Gasteiger partial charge < -0.3 is 24.8 Å². The topological polar surface area (TPSA) is 91.1 Å². The van der Waals surface area contributed by atoms with Crippen LogP contribution in [0.25, 0.3) is 0 Å². The number of aryl methyl sites for hydroxylation is 2. The molecule has 1 fully saturated rings. The van der Waals surface area contributed by atoms with E-state index in [1.54, 1.807) is 12.0 Å². The minimum absolute atomic E-state index is 0.0161. The summed E-state index contributed by atoms with van der Waals surface area (Å²) in [4.78, 5) is 25.0. The van der Waals surface area contributed by atoms with Gasteiger partial charge in [-0.15, -0.1) is 0 Å². The maximum Gasteiger partial charge on any atom is 0.260 e. The van der Waals surface area contributed by atoms with E-state index in [0.29, 0.717) is 51.5 Å². The lowest BCUT2D eigenvalue weighted by atomic mass is 10.0. The fourth-order valence-corrected chi connectivity index (χ4v) is 3.04. The first-order valence-corrected chi connectivity index (χ1v) is 9.47. The second-order valence-electron chi connectivity index (χ2n) is 6.68. The first-order valence-electron chi connectivity index (χ1n) is 9.47. The Morgan fingerprint density at radius 3 is 2.41 bits per heavy atom. The highest BCUT2D eigenvalue weighted by molar-refractivity contribution is 5.77. The molecule has 150 valence electrons. The summed E-state index contributed by atoms with van der Waals surface area (Å²) in [7, 11) is 1.69. The maximum absolute atomic E-state index is 12.3. The Morgan fingerprint density at radius 1 is 1.11 bits per heavy atom. The van der Waals surface area contributed by atoms with Crippen molar-refractivity contribution in [1.29, 1.82) is 0 Å². The molecule has 0 radical (unpaired) electrons. The van der Waals surface area contributed by atoms with Crippen molar-refractivity contribution in [2.75, 3.05) is 46.6 Å². The van der Waals surface area contributed by atoms with Gasteiger partial charge in [-0.3, -0.25) is 9.59 Å². The Hall–Kier alpha value is -2.12. The van der Waals surface area contributed by atoms with Gasteiger partial charge in [0.1, 0.15) is 5.75 Å². The molecule has 1 heterocycles. The summed E-state index contributed by atoms with van der Waals surface area (Å²) in [5.41, 5.74) is 7.44. The number of morpholine rings is 1. The van der Waals surface area contributed by atoms with Crippen molar-refractivity contribution in [3.05, 3.63) is 29.3 Å². The van der Waals surface area contributed by atoms with Gasteiger partial charge in [0.15, 0.2) is 6.61 Å². The number of ether oxygens (including phenoxy) is 3. The maximum atomic E-state index is 12.3. The molecule has 1 aliphatic rings. The predicted molar refractivity (Wildman–Crippen MR) is 102 cm³/mol. The number of methoxy groups -OCH3 is 1. The van der Waals surface area contributed by atoms with Crippen molar-refractivity contribution in [1.82, 2.24) is 4.90 Å². The van der Waals surface area contributed by atoms with Crippen LogP contribution in [0.15, 0.2) is 18.2 Å². The van der Waals surface area contributed by atoms with E-state index in [4.69, 9.17) is 19.9 Å². The molecule has 1 aromatic rings. The monoisotopic (exact) mass is 378 g/mol. The van der Waals surface area contributed by atoms with Crippen molar-refractivity contribution in [2.24, 2.45) is 5.73 Å². The summed E-state index contributed by atoms with van der Waals surface area (Å²) < 4.78 is 16.2. The van der Waals surface area contributed by atoms with Crippen LogP contribution in [0.4, 0.5) is 0 Å². The predicted octanol–water partition coefficient (Wildman–Crippen LogP) is 1.31. The molecule has 7 heteroatoms. The van der Waals surface area contributed by atoms with Crippen LogP contribution >= 0.6 is 0 Å². The van der Waals surface area contributed by atoms with E-state index in [9.17, 15) is 9.59 Å². The third-order valence-electron chi connectivity index (χ3n) is 4.45. The van der Waals surface area contributed by atoms with E-state index in [2.05, 4.69) is 6.07 Å². The summed E-state index contributed by atoms with van der Waals surface area (Å²) in [6.07, 6.45) is 3.58. The Morgan fingerprint density at radius 2 is 1.78 bits per heavy atom. The summed E-state index contributed by atoms with van der Waals surface area (Å²) in [5, 5.41) is 0. The number of nitrogens with zero attached hydrogens (tertiary/aromatic N) is 1. The SMILES string of the molecule is COCCCc1cc(CCCC(N)=O)cc(OCC(=O)N2CCOCC2)c1. The average molecular weight is 378 g/mol. The van der Waals surface area contributed by atoms with Crippen molar-refractivity contribution < 1.29 is 23.8 Å². The van der Waals surface area contributed by atoms with Crippen LogP contribution in [0.2, 0.25) is 0 Å². The normalized spacial score (nSPS) is 14.2. The summed E-state index contributed by atoms with van der Waals surface area (Å²) in [6.45, 7) is 3.07. The van der Waals surface area contributed by atoms with E-state index < -0.39 is 0 Å². The van der Waals surface area contributed by atoms with Crippen LogP contribution in [0.3, 0.4) is 0 Å². The molecule has 7 nitrogen and oxygen atoms in total. The van der Waals surface area contributed by atoms with Crippen LogP contribution in [0, 0.1) is 0 Å². The van der Waals surface area contributed by atoms with E-state index in [1.165, 1.54) is 0 Å². The Balaban J connectivity index is 1.97. The molecule has 2 N–H and O–H groups in total. The molecule has 1 saturated heterocycles. The Labute approximate surface area is 160 Å². The largest absolute Gasteiger partial charge is 0.484 e. The van der Waals surface area contributed by atoms with Crippen molar-refractivity contribution in [2.45, 2.75) is 32.1 Å². The summed E-state index contributed by atoms with van der Waals surface area (Å²) >= 11 is 0. The molecule has 1 aliphatic heterocycles. The molecule has 2 amide bonds. The molecular formula is C20H30N2O5. The highest BCUT2D eigenvalue weighted by atomic mass is 16.5. The lowest BCUT2D eigenvalue weighted by Crippen LogP contribution is -2.42. The second kappa shape index (κ2) is 11.6. The lowest BCUT2D eigenvalue weighted by molar-refractivity contribution is -0.137. The number of hydrogen-bond acceptors (Lipinski definition) is 5. The van der Waals surface area contributed by atoms with Gasteiger partial charge in [0.25, 0.3) is 5.91 Å². The molecule has 1 aromatic carbocycles.